The van der Waals surface area contributed by atoms with Crippen LogP contribution in [0.5, 0.6) is 0 Å². The van der Waals surface area contributed by atoms with Crippen molar-refractivity contribution in [2.45, 2.75) is 50.3 Å². The fourth-order valence-electron chi connectivity index (χ4n) is 4.27. The molecule has 0 spiro atoms. The number of hydrogen-bond donors (Lipinski definition) is 1. The molecule has 104 valence electrons. The molecular formula is C15H28N2S. The lowest BCUT2D eigenvalue weighted by atomic mass is 9.84. The molecule has 0 aromatic carbocycles. The van der Waals surface area contributed by atoms with Gasteiger partial charge in [-0.05, 0) is 50.0 Å². The molecule has 0 radical (unpaired) electrons. The molecule has 0 amide bonds. The van der Waals surface area contributed by atoms with Gasteiger partial charge in [-0.3, -0.25) is 0 Å². The minimum Gasteiger partial charge on any atom is -0.327 e. The minimum atomic E-state index is 0.478. The molecule has 1 heterocycles. The fraction of sp³-hybridized carbons (Fsp3) is 1.00. The first-order valence-corrected chi connectivity index (χ1v) is 8.66. The van der Waals surface area contributed by atoms with Crippen molar-refractivity contribution in [2.75, 3.05) is 25.4 Å². The van der Waals surface area contributed by atoms with Gasteiger partial charge >= 0.3 is 0 Å². The maximum Gasteiger partial charge on any atom is 0.0116 e. The van der Waals surface area contributed by atoms with Crippen LogP contribution in [-0.2, 0) is 0 Å². The molecule has 2 saturated carbocycles. The largest absolute Gasteiger partial charge is 0.327 e. The van der Waals surface area contributed by atoms with E-state index in [1.165, 1.54) is 51.1 Å². The fourth-order valence-corrected chi connectivity index (χ4v) is 5.41. The van der Waals surface area contributed by atoms with E-state index in [1.807, 2.05) is 0 Å². The van der Waals surface area contributed by atoms with Gasteiger partial charge in [0.2, 0.25) is 0 Å². The van der Waals surface area contributed by atoms with Crippen molar-refractivity contribution in [1.82, 2.24) is 4.90 Å². The Morgan fingerprint density at radius 1 is 1.22 bits per heavy atom. The molecule has 4 atom stereocenters. The molecule has 0 aromatic heterocycles. The van der Waals surface area contributed by atoms with Crippen LogP contribution in [0.2, 0.25) is 0 Å². The van der Waals surface area contributed by atoms with Crippen molar-refractivity contribution in [3.63, 3.8) is 0 Å². The first-order valence-electron chi connectivity index (χ1n) is 7.67. The SMILES string of the molecule is CC1(C)CCN(CC2C3CCC(C3)C2N)CCS1. The summed E-state index contributed by atoms with van der Waals surface area (Å²) in [7, 11) is 0. The van der Waals surface area contributed by atoms with E-state index in [0.29, 0.717) is 10.8 Å². The lowest BCUT2D eigenvalue weighted by Crippen LogP contribution is -2.43. The van der Waals surface area contributed by atoms with Crippen LogP contribution in [-0.4, -0.2) is 41.1 Å². The third-order valence-corrected chi connectivity index (χ3v) is 6.93. The summed E-state index contributed by atoms with van der Waals surface area (Å²) in [5, 5.41) is 0. The molecule has 3 fully saturated rings. The highest BCUT2D eigenvalue weighted by Gasteiger charge is 2.46. The molecule has 4 unspecified atom stereocenters. The topological polar surface area (TPSA) is 29.3 Å². The van der Waals surface area contributed by atoms with E-state index in [0.717, 1.165) is 17.8 Å². The predicted molar refractivity (Wildman–Crippen MR) is 79.9 cm³/mol. The number of hydrogen-bond acceptors (Lipinski definition) is 3. The lowest BCUT2D eigenvalue weighted by molar-refractivity contribution is 0.179. The van der Waals surface area contributed by atoms with Crippen molar-refractivity contribution in [3.8, 4) is 0 Å². The van der Waals surface area contributed by atoms with Gasteiger partial charge in [-0.15, -0.1) is 0 Å². The number of fused-ring (bicyclic) bond motifs is 2. The molecule has 2 aliphatic carbocycles. The Morgan fingerprint density at radius 3 is 2.72 bits per heavy atom. The van der Waals surface area contributed by atoms with Gasteiger partial charge in [-0.25, -0.2) is 0 Å². The minimum absolute atomic E-state index is 0.478. The van der Waals surface area contributed by atoms with Crippen LogP contribution < -0.4 is 5.73 Å². The molecule has 3 rings (SSSR count). The zero-order valence-electron chi connectivity index (χ0n) is 11.9. The van der Waals surface area contributed by atoms with Gasteiger partial charge in [0.05, 0.1) is 0 Å². The first-order chi connectivity index (χ1) is 8.55. The Labute approximate surface area is 116 Å². The highest BCUT2D eigenvalue weighted by molar-refractivity contribution is 8.00. The van der Waals surface area contributed by atoms with Gasteiger partial charge in [0.15, 0.2) is 0 Å². The smallest absolute Gasteiger partial charge is 0.0116 e. The summed E-state index contributed by atoms with van der Waals surface area (Å²) >= 11 is 2.15. The van der Waals surface area contributed by atoms with Crippen molar-refractivity contribution >= 4 is 11.8 Å². The molecule has 3 heteroatoms. The number of thioether (sulfide) groups is 1. The second-order valence-corrected chi connectivity index (χ2v) is 9.04. The molecule has 2 bridgehead atoms. The molecule has 1 saturated heterocycles. The van der Waals surface area contributed by atoms with E-state index in [1.54, 1.807) is 0 Å². The van der Waals surface area contributed by atoms with Crippen molar-refractivity contribution in [1.29, 1.82) is 0 Å². The van der Waals surface area contributed by atoms with Crippen LogP contribution in [0.1, 0.15) is 39.5 Å². The van der Waals surface area contributed by atoms with Gasteiger partial charge in [-0.2, -0.15) is 11.8 Å². The van der Waals surface area contributed by atoms with Gasteiger partial charge in [0.1, 0.15) is 0 Å². The average molecular weight is 268 g/mol. The van der Waals surface area contributed by atoms with Crippen LogP contribution in [0.15, 0.2) is 0 Å². The summed E-state index contributed by atoms with van der Waals surface area (Å²) in [6.07, 6.45) is 5.62. The maximum atomic E-state index is 6.44. The predicted octanol–water partition coefficient (Wildman–Crippen LogP) is 2.58. The van der Waals surface area contributed by atoms with E-state index in [-0.39, 0.29) is 0 Å². The van der Waals surface area contributed by atoms with Gasteiger partial charge in [-0.1, -0.05) is 13.8 Å². The normalized spacial score (nSPS) is 44.2. The Hall–Kier alpha value is 0.270. The number of rotatable bonds is 2. The second kappa shape index (κ2) is 4.99. The highest BCUT2D eigenvalue weighted by atomic mass is 32.2. The van der Waals surface area contributed by atoms with E-state index in [4.69, 9.17) is 5.73 Å². The van der Waals surface area contributed by atoms with Crippen LogP contribution >= 0.6 is 11.8 Å². The lowest BCUT2D eigenvalue weighted by Gasteiger charge is -2.33. The Morgan fingerprint density at radius 2 is 2.00 bits per heavy atom. The zero-order chi connectivity index (χ0) is 12.8. The molecule has 2 nitrogen and oxygen atoms in total. The first kappa shape index (κ1) is 13.3. The van der Waals surface area contributed by atoms with Gasteiger partial charge in [0, 0.05) is 29.6 Å². The summed E-state index contributed by atoms with van der Waals surface area (Å²) in [4.78, 5) is 2.70. The van der Waals surface area contributed by atoms with Crippen molar-refractivity contribution < 1.29 is 0 Å². The van der Waals surface area contributed by atoms with Crippen LogP contribution in [0.25, 0.3) is 0 Å². The van der Waals surface area contributed by atoms with Crippen LogP contribution in [0.3, 0.4) is 0 Å². The standard InChI is InChI=1S/C15H28N2S/c1-15(2)5-6-17(7-8-18-15)10-13-11-3-4-12(9-11)14(13)16/h11-14H,3-10,16H2,1-2H3. The van der Waals surface area contributed by atoms with E-state index >= 15 is 0 Å². The van der Waals surface area contributed by atoms with E-state index in [9.17, 15) is 0 Å². The molecule has 2 N–H and O–H groups in total. The van der Waals surface area contributed by atoms with Crippen molar-refractivity contribution in [2.24, 2.45) is 23.5 Å². The van der Waals surface area contributed by atoms with Gasteiger partial charge in [0.25, 0.3) is 0 Å². The summed E-state index contributed by atoms with van der Waals surface area (Å²) in [5.74, 6) is 3.91. The Balaban J connectivity index is 1.57. The quantitative estimate of drug-likeness (QED) is 0.834. The zero-order valence-corrected chi connectivity index (χ0v) is 12.7. The maximum absolute atomic E-state index is 6.44. The molecule has 18 heavy (non-hydrogen) atoms. The van der Waals surface area contributed by atoms with Gasteiger partial charge < -0.3 is 10.6 Å². The summed E-state index contributed by atoms with van der Waals surface area (Å²) in [6.45, 7) is 8.61. The summed E-state index contributed by atoms with van der Waals surface area (Å²) < 4.78 is 0.478. The second-order valence-electron chi connectivity index (χ2n) is 7.23. The van der Waals surface area contributed by atoms with E-state index in [2.05, 4.69) is 30.5 Å². The summed E-state index contributed by atoms with van der Waals surface area (Å²) in [5.41, 5.74) is 6.44. The summed E-state index contributed by atoms with van der Waals surface area (Å²) in [6, 6.07) is 0.507. The molecule has 3 aliphatic rings. The van der Waals surface area contributed by atoms with Crippen molar-refractivity contribution in [3.05, 3.63) is 0 Å². The van der Waals surface area contributed by atoms with Crippen LogP contribution in [0.4, 0.5) is 0 Å². The Kier molecular flexibility index (Phi) is 3.68. The Bertz CT molecular complexity index is 303. The third kappa shape index (κ3) is 2.59. The van der Waals surface area contributed by atoms with E-state index < -0.39 is 0 Å². The highest BCUT2D eigenvalue weighted by Crippen LogP contribution is 2.48. The van der Waals surface area contributed by atoms with Crippen LogP contribution in [0, 0.1) is 17.8 Å². The average Bonchev–Trinajstić information content (AvgIpc) is 2.84. The number of nitrogens with zero attached hydrogens (tertiary/aromatic N) is 1. The third-order valence-electron chi connectivity index (χ3n) is 5.56. The molecular weight excluding hydrogens is 240 g/mol. The number of nitrogens with two attached hydrogens (primary N) is 1. The molecule has 1 aliphatic heterocycles. The molecule has 0 aromatic rings. The monoisotopic (exact) mass is 268 g/mol.